The van der Waals surface area contributed by atoms with Crippen molar-refractivity contribution in [2.45, 2.75) is 38.2 Å². The number of nitrogens with zero attached hydrogens (tertiary/aromatic N) is 3. The van der Waals surface area contributed by atoms with E-state index >= 15 is 0 Å². The lowest BCUT2D eigenvalue weighted by Gasteiger charge is -2.22. The molecule has 2 N–H and O–H groups in total. The van der Waals surface area contributed by atoms with Gasteiger partial charge < -0.3 is 24.6 Å². The second kappa shape index (κ2) is 11.0. The summed E-state index contributed by atoms with van der Waals surface area (Å²) in [6.45, 7) is -0.782. The zero-order chi connectivity index (χ0) is 24.7. The predicted molar refractivity (Wildman–Crippen MR) is 115 cm³/mol. The molecule has 1 aliphatic rings. The summed E-state index contributed by atoms with van der Waals surface area (Å²) in [5.41, 5.74) is -0.763. The SMILES string of the molecule is COC(=O)c1ccc(NC(=O)c2ccc([N+](=O)[O-])c(OC3CCCCC3)n2)c(OCC(=O)O)n1. The number of anilines is 1. The van der Waals surface area contributed by atoms with Gasteiger partial charge in [-0.2, -0.15) is 0 Å². The van der Waals surface area contributed by atoms with Crippen LogP contribution in [0.5, 0.6) is 11.8 Å². The number of carboxylic acids is 1. The van der Waals surface area contributed by atoms with E-state index in [1.165, 1.54) is 12.1 Å². The minimum atomic E-state index is -1.30. The first-order valence-electron chi connectivity index (χ1n) is 10.4. The lowest BCUT2D eigenvalue weighted by atomic mass is 9.98. The summed E-state index contributed by atoms with van der Waals surface area (Å²) in [4.78, 5) is 54.1. The van der Waals surface area contributed by atoms with Gasteiger partial charge in [0, 0.05) is 6.07 Å². The summed E-state index contributed by atoms with van der Waals surface area (Å²) >= 11 is 0. The Morgan fingerprint density at radius 3 is 2.41 bits per heavy atom. The van der Waals surface area contributed by atoms with Crippen molar-refractivity contribution in [1.29, 1.82) is 0 Å². The fourth-order valence-electron chi connectivity index (χ4n) is 3.31. The summed E-state index contributed by atoms with van der Waals surface area (Å²) in [7, 11) is 1.14. The van der Waals surface area contributed by atoms with Crippen LogP contribution in [0.25, 0.3) is 0 Å². The van der Waals surface area contributed by atoms with Gasteiger partial charge in [-0.3, -0.25) is 14.9 Å². The molecule has 2 heterocycles. The number of pyridine rings is 2. The van der Waals surface area contributed by atoms with E-state index in [0.717, 1.165) is 51.3 Å². The molecule has 0 aliphatic heterocycles. The topological polar surface area (TPSA) is 180 Å². The zero-order valence-corrected chi connectivity index (χ0v) is 18.2. The highest BCUT2D eigenvalue weighted by Crippen LogP contribution is 2.30. The van der Waals surface area contributed by atoms with E-state index in [9.17, 15) is 24.5 Å². The van der Waals surface area contributed by atoms with Gasteiger partial charge in [0.05, 0.1) is 12.0 Å². The number of methoxy groups -OCH3 is 1. The fraction of sp³-hybridized carbons (Fsp3) is 0.381. The molecule has 13 heteroatoms. The van der Waals surface area contributed by atoms with Crippen LogP contribution < -0.4 is 14.8 Å². The van der Waals surface area contributed by atoms with Gasteiger partial charge in [0.25, 0.3) is 11.8 Å². The van der Waals surface area contributed by atoms with E-state index in [-0.39, 0.29) is 40.6 Å². The number of nitro groups is 1. The van der Waals surface area contributed by atoms with Crippen LogP contribution in [0.1, 0.15) is 53.1 Å². The van der Waals surface area contributed by atoms with Crippen molar-refractivity contribution in [3.63, 3.8) is 0 Å². The Kier molecular flexibility index (Phi) is 7.90. The Bertz CT molecular complexity index is 1100. The Morgan fingerprint density at radius 1 is 1.09 bits per heavy atom. The molecule has 1 amide bonds. The highest BCUT2D eigenvalue weighted by atomic mass is 16.6. The number of aliphatic carboxylic acids is 1. The molecule has 0 aromatic carbocycles. The number of carbonyl (C=O) groups is 3. The standard InChI is InChI=1S/C21H22N4O9/c1-32-21(29)15-8-7-14(19(24-15)33-11-17(26)27)22-18(28)13-9-10-16(25(30)31)20(23-13)34-12-5-3-2-4-6-12/h7-10,12H,2-6,11H2,1H3,(H,22,28)(H,26,27). The minimum Gasteiger partial charge on any atom is -0.479 e. The van der Waals surface area contributed by atoms with Gasteiger partial charge in [-0.15, -0.1) is 0 Å². The third-order valence-corrected chi connectivity index (χ3v) is 4.94. The molecule has 0 radical (unpaired) electrons. The number of carbonyl (C=O) groups excluding carboxylic acids is 2. The molecule has 0 saturated heterocycles. The third-order valence-electron chi connectivity index (χ3n) is 4.94. The average Bonchev–Trinajstić information content (AvgIpc) is 2.83. The molecule has 1 fully saturated rings. The van der Waals surface area contributed by atoms with Crippen LogP contribution in [-0.4, -0.2) is 57.7 Å². The van der Waals surface area contributed by atoms with Gasteiger partial charge in [0.2, 0.25) is 5.88 Å². The Hall–Kier alpha value is -4.29. The number of nitrogens with one attached hydrogen (secondary N) is 1. The van der Waals surface area contributed by atoms with E-state index in [1.54, 1.807) is 0 Å². The second-order valence-corrected chi connectivity index (χ2v) is 7.33. The Balaban J connectivity index is 1.86. The van der Waals surface area contributed by atoms with Gasteiger partial charge in [0.1, 0.15) is 17.5 Å². The van der Waals surface area contributed by atoms with Gasteiger partial charge in [-0.25, -0.2) is 19.6 Å². The molecule has 0 bridgehead atoms. The molecule has 2 aromatic rings. The van der Waals surface area contributed by atoms with Crippen molar-refractivity contribution in [2.24, 2.45) is 0 Å². The third kappa shape index (κ3) is 6.15. The van der Waals surface area contributed by atoms with Crippen molar-refractivity contribution < 1.29 is 38.6 Å². The number of hydrogen-bond donors (Lipinski definition) is 2. The van der Waals surface area contributed by atoms with Gasteiger partial charge in [0.15, 0.2) is 12.3 Å². The monoisotopic (exact) mass is 474 g/mol. The van der Waals surface area contributed by atoms with Crippen LogP contribution in [0, 0.1) is 10.1 Å². The molecule has 180 valence electrons. The zero-order valence-electron chi connectivity index (χ0n) is 18.2. The first-order valence-corrected chi connectivity index (χ1v) is 10.4. The number of ether oxygens (including phenoxy) is 3. The van der Waals surface area contributed by atoms with Gasteiger partial charge in [-0.1, -0.05) is 6.42 Å². The molecular weight excluding hydrogens is 452 g/mol. The molecule has 1 aliphatic carbocycles. The lowest BCUT2D eigenvalue weighted by Crippen LogP contribution is -2.22. The number of hydrogen-bond acceptors (Lipinski definition) is 10. The van der Waals surface area contributed by atoms with Crippen molar-refractivity contribution in [2.75, 3.05) is 19.0 Å². The maximum Gasteiger partial charge on any atom is 0.356 e. The first-order chi connectivity index (χ1) is 16.3. The summed E-state index contributed by atoms with van der Waals surface area (Å²) in [5, 5.41) is 22.7. The van der Waals surface area contributed by atoms with E-state index < -0.39 is 29.4 Å². The summed E-state index contributed by atoms with van der Waals surface area (Å²) in [5.74, 6) is -3.47. The molecule has 0 atom stereocenters. The van der Waals surface area contributed by atoms with E-state index in [4.69, 9.17) is 14.6 Å². The van der Waals surface area contributed by atoms with Crippen LogP contribution in [0.2, 0.25) is 0 Å². The van der Waals surface area contributed by atoms with Crippen LogP contribution in [-0.2, 0) is 9.53 Å². The molecule has 13 nitrogen and oxygen atoms in total. The molecule has 0 unspecified atom stereocenters. The van der Waals surface area contributed by atoms with Crippen LogP contribution in [0.15, 0.2) is 24.3 Å². The maximum absolute atomic E-state index is 12.8. The number of esters is 1. The fourth-order valence-corrected chi connectivity index (χ4v) is 3.31. The van der Waals surface area contributed by atoms with E-state index in [1.807, 2.05) is 0 Å². The molecule has 2 aromatic heterocycles. The van der Waals surface area contributed by atoms with Crippen molar-refractivity contribution in [1.82, 2.24) is 9.97 Å². The molecular formula is C21H22N4O9. The molecule has 34 heavy (non-hydrogen) atoms. The highest BCUT2D eigenvalue weighted by molar-refractivity contribution is 6.04. The maximum atomic E-state index is 12.8. The number of carboxylic acid groups (broad SMARTS) is 1. The normalized spacial score (nSPS) is 13.6. The Labute approximate surface area is 193 Å². The molecule has 0 spiro atoms. The van der Waals surface area contributed by atoms with Crippen LogP contribution in [0.3, 0.4) is 0 Å². The van der Waals surface area contributed by atoms with E-state index in [0.29, 0.717) is 0 Å². The summed E-state index contributed by atoms with van der Waals surface area (Å²) in [6, 6.07) is 4.81. The lowest BCUT2D eigenvalue weighted by molar-refractivity contribution is -0.386. The quantitative estimate of drug-likeness (QED) is 0.310. The van der Waals surface area contributed by atoms with Crippen molar-refractivity contribution >= 4 is 29.2 Å². The largest absolute Gasteiger partial charge is 0.479 e. The Morgan fingerprint density at radius 2 is 1.76 bits per heavy atom. The average molecular weight is 474 g/mol. The number of rotatable bonds is 9. The molecule has 1 saturated carbocycles. The van der Waals surface area contributed by atoms with Gasteiger partial charge >= 0.3 is 17.6 Å². The predicted octanol–water partition coefficient (Wildman–Crippen LogP) is 2.60. The minimum absolute atomic E-state index is 0.0474. The van der Waals surface area contributed by atoms with Gasteiger partial charge in [-0.05, 0) is 43.9 Å². The van der Waals surface area contributed by atoms with Crippen LogP contribution >= 0.6 is 0 Å². The highest BCUT2D eigenvalue weighted by Gasteiger charge is 2.25. The van der Waals surface area contributed by atoms with E-state index in [2.05, 4.69) is 20.0 Å². The number of aromatic nitrogens is 2. The number of amides is 1. The first kappa shape index (κ1) is 24.4. The molecule has 3 rings (SSSR count). The van der Waals surface area contributed by atoms with Crippen LogP contribution in [0.4, 0.5) is 11.4 Å². The second-order valence-electron chi connectivity index (χ2n) is 7.33. The van der Waals surface area contributed by atoms with Crippen molar-refractivity contribution in [3.8, 4) is 11.8 Å². The summed E-state index contributed by atoms with van der Waals surface area (Å²) < 4.78 is 15.4. The van der Waals surface area contributed by atoms with Crippen molar-refractivity contribution in [3.05, 3.63) is 45.8 Å². The summed E-state index contributed by atoms with van der Waals surface area (Å²) in [6.07, 6.45) is 4.17. The smallest absolute Gasteiger partial charge is 0.356 e.